The third-order valence-corrected chi connectivity index (χ3v) is 6.22. The van der Waals surface area contributed by atoms with Crippen LogP contribution in [0.3, 0.4) is 0 Å². The molecule has 0 amide bonds. The van der Waals surface area contributed by atoms with Crippen molar-refractivity contribution in [1.82, 2.24) is 0 Å². The van der Waals surface area contributed by atoms with E-state index in [2.05, 4.69) is 0 Å². The summed E-state index contributed by atoms with van der Waals surface area (Å²) in [5.41, 5.74) is 0.345. The maximum atomic E-state index is 12.7. The summed E-state index contributed by atoms with van der Waals surface area (Å²) in [6.45, 7) is 1.51. The molecule has 0 aliphatic carbocycles. The van der Waals surface area contributed by atoms with Crippen LogP contribution in [0.4, 0.5) is 11.4 Å². The summed E-state index contributed by atoms with van der Waals surface area (Å²) in [6.07, 6.45) is 4.21. The second-order valence-electron chi connectivity index (χ2n) is 6.13. The van der Waals surface area contributed by atoms with Gasteiger partial charge in [-0.2, -0.15) is 0 Å². The Morgan fingerprint density at radius 3 is 2.12 bits per heavy atom. The van der Waals surface area contributed by atoms with Gasteiger partial charge in [-0.15, -0.1) is 0 Å². The van der Waals surface area contributed by atoms with Gasteiger partial charge in [0.05, 0.1) is 14.7 Å². The Balaban J connectivity index is 2.04. The van der Waals surface area contributed by atoms with Gasteiger partial charge in [0.15, 0.2) is 0 Å². The number of sulfone groups is 1. The highest BCUT2D eigenvalue weighted by atomic mass is 32.2. The zero-order valence-corrected chi connectivity index (χ0v) is 14.6. The van der Waals surface area contributed by atoms with E-state index < -0.39 is 14.8 Å². The van der Waals surface area contributed by atoms with E-state index in [-0.39, 0.29) is 15.5 Å². The van der Waals surface area contributed by atoms with Crippen LogP contribution >= 0.6 is 0 Å². The smallest absolute Gasteiger partial charge is 0.293 e. The molecule has 0 N–H and O–H groups in total. The molecule has 7 heteroatoms. The van der Waals surface area contributed by atoms with Crippen LogP contribution in [0.2, 0.25) is 0 Å². The fraction of sp³-hybridized carbons (Fsp3) is 0.333. The van der Waals surface area contributed by atoms with Crippen LogP contribution in [0.25, 0.3) is 0 Å². The fourth-order valence-corrected chi connectivity index (χ4v) is 4.43. The van der Waals surface area contributed by atoms with Crippen LogP contribution in [-0.2, 0) is 9.84 Å². The summed E-state index contributed by atoms with van der Waals surface area (Å²) >= 11 is 0. The average molecular weight is 360 g/mol. The molecule has 0 spiro atoms. The maximum absolute atomic E-state index is 12.7. The van der Waals surface area contributed by atoms with E-state index in [1.165, 1.54) is 24.3 Å². The molecule has 0 aromatic heterocycles. The lowest BCUT2D eigenvalue weighted by molar-refractivity contribution is -0.384. The minimum Gasteiger partial charge on any atom is -0.366 e. The van der Waals surface area contributed by atoms with Crippen LogP contribution in [-0.4, -0.2) is 26.4 Å². The second kappa shape index (κ2) is 7.23. The monoisotopic (exact) mass is 360 g/mol. The van der Waals surface area contributed by atoms with E-state index in [0.29, 0.717) is 5.69 Å². The highest BCUT2D eigenvalue weighted by Gasteiger charge is 2.25. The van der Waals surface area contributed by atoms with Gasteiger partial charge in [0.25, 0.3) is 5.69 Å². The van der Waals surface area contributed by atoms with Gasteiger partial charge in [0.2, 0.25) is 9.84 Å². The van der Waals surface area contributed by atoms with Crippen molar-refractivity contribution in [1.29, 1.82) is 0 Å². The number of anilines is 1. The van der Waals surface area contributed by atoms with Crippen molar-refractivity contribution in [3.8, 4) is 0 Å². The topological polar surface area (TPSA) is 80.5 Å². The van der Waals surface area contributed by atoms with Gasteiger partial charge in [-0.05, 0) is 37.1 Å². The normalized spacial score (nSPS) is 15.6. The average Bonchev–Trinajstić information content (AvgIpc) is 2.91. The zero-order valence-electron chi connectivity index (χ0n) is 13.8. The Hall–Kier alpha value is -2.41. The fourth-order valence-electron chi connectivity index (χ4n) is 3.13. The van der Waals surface area contributed by atoms with Crippen molar-refractivity contribution < 1.29 is 13.3 Å². The van der Waals surface area contributed by atoms with Gasteiger partial charge in [-0.1, -0.05) is 31.0 Å². The van der Waals surface area contributed by atoms with Gasteiger partial charge in [0.1, 0.15) is 5.69 Å². The molecule has 1 fully saturated rings. The lowest BCUT2D eigenvalue weighted by atomic mass is 10.2. The predicted octanol–water partition coefficient (Wildman–Crippen LogP) is 3.81. The van der Waals surface area contributed by atoms with E-state index >= 15 is 0 Å². The van der Waals surface area contributed by atoms with Crippen molar-refractivity contribution in [3.05, 3.63) is 58.6 Å². The minimum atomic E-state index is -3.77. The first-order valence-electron chi connectivity index (χ1n) is 8.34. The molecule has 132 valence electrons. The number of hydrogen-bond donors (Lipinski definition) is 0. The Kier molecular flexibility index (Phi) is 5.03. The molecule has 1 heterocycles. The summed E-state index contributed by atoms with van der Waals surface area (Å²) in [7, 11) is -3.77. The number of nitrogens with zero attached hydrogens (tertiary/aromatic N) is 2. The van der Waals surface area contributed by atoms with Crippen LogP contribution in [0.5, 0.6) is 0 Å². The van der Waals surface area contributed by atoms with Gasteiger partial charge in [-0.25, -0.2) is 8.42 Å². The summed E-state index contributed by atoms with van der Waals surface area (Å²) < 4.78 is 25.4. The lowest BCUT2D eigenvalue weighted by Gasteiger charge is -2.22. The van der Waals surface area contributed by atoms with Crippen LogP contribution < -0.4 is 4.90 Å². The second-order valence-corrected chi connectivity index (χ2v) is 8.08. The number of benzene rings is 2. The first-order chi connectivity index (χ1) is 12.0. The van der Waals surface area contributed by atoms with E-state index in [4.69, 9.17) is 0 Å². The zero-order chi connectivity index (χ0) is 17.9. The van der Waals surface area contributed by atoms with Crippen molar-refractivity contribution >= 4 is 21.2 Å². The van der Waals surface area contributed by atoms with Gasteiger partial charge in [0, 0.05) is 19.2 Å². The lowest BCUT2D eigenvalue weighted by Crippen LogP contribution is -2.24. The first-order valence-corrected chi connectivity index (χ1v) is 9.82. The highest BCUT2D eigenvalue weighted by molar-refractivity contribution is 7.91. The van der Waals surface area contributed by atoms with Crippen LogP contribution in [0.15, 0.2) is 58.3 Å². The molecule has 1 aliphatic heterocycles. The third-order valence-electron chi connectivity index (χ3n) is 4.45. The van der Waals surface area contributed by atoms with Gasteiger partial charge >= 0.3 is 0 Å². The third kappa shape index (κ3) is 3.66. The molecule has 3 rings (SSSR count). The van der Waals surface area contributed by atoms with Gasteiger partial charge in [-0.3, -0.25) is 10.1 Å². The summed E-state index contributed by atoms with van der Waals surface area (Å²) in [4.78, 5) is 13.1. The molecule has 0 bridgehead atoms. The molecule has 25 heavy (non-hydrogen) atoms. The molecule has 2 aromatic rings. The van der Waals surface area contributed by atoms with Crippen molar-refractivity contribution in [2.24, 2.45) is 0 Å². The minimum absolute atomic E-state index is 0.0519. The summed E-state index contributed by atoms with van der Waals surface area (Å²) in [5, 5.41) is 11.6. The number of rotatable bonds is 4. The summed E-state index contributed by atoms with van der Waals surface area (Å²) in [5.74, 6) is 0. The maximum Gasteiger partial charge on any atom is 0.293 e. The van der Waals surface area contributed by atoms with Crippen LogP contribution in [0.1, 0.15) is 25.7 Å². The number of hydrogen-bond acceptors (Lipinski definition) is 5. The molecule has 6 nitrogen and oxygen atoms in total. The molecule has 0 unspecified atom stereocenters. The first kappa shape index (κ1) is 17.4. The number of nitro groups is 1. The number of nitro benzene ring substituents is 1. The Bertz CT molecular complexity index is 858. The van der Waals surface area contributed by atoms with Crippen molar-refractivity contribution in [2.45, 2.75) is 35.5 Å². The standard InChI is InChI=1S/C18H20N2O4S/c21-20(22)18-14-16(25(23,24)15-8-4-3-5-9-15)10-11-17(18)19-12-6-1-2-7-13-19/h3-5,8-11,14H,1-2,6-7,12-13H2. The molecule has 1 aliphatic rings. The molecular weight excluding hydrogens is 340 g/mol. The molecule has 0 atom stereocenters. The molecule has 0 radical (unpaired) electrons. The van der Waals surface area contributed by atoms with Crippen molar-refractivity contribution in [3.63, 3.8) is 0 Å². The van der Waals surface area contributed by atoms with Gasteiger partial charge < -0.3 is 4.90 Å². The predicted molar refractivity (Wildman–Crippen MR) is 95.7 cm³/mol. The SMILES string of the molecule is O=[N+]([O-])c1cc(S(=O)(=O)c2ccccc2)ccc1N1CCCCCC1. The molecule has 0 saturated carbocycles. The Labute approximate surface area is 147 Å². The van der Waals surface area contributed by atoms with E-state index in [0.717, 1.165) is 38.8 Å². The van der Waals surface area contributed by atoms with Crippen molar-refractivity contribution in [2.75, 3.05) is 18.0 Å². The molecule has 2 aromatic carbocycles. The Morgan fingerprint density at radius 2 is 1.52 bits per heavy atom. The molecular formula is C18H20N2O4S. The quantitative estimate of drug-likeness (QED) is 0.612. The highest BCUT2D eigenvalue weighted by Crippen LogP contribution is 2.34. The summed E-state index contributed by atoms with van der Waals surface area (Å²) in [6, 6.07) is 12.2. The Morgan fingerprint density at radius 1 is 0.880 bits per heavy atom. The molecule has 1 saturated heterocycles. The van der Waals surface area contributed by atoms with Crippen LogP contribution in [0, 0.1) is 10.1 Å². The van der Waals surface area contributed by atoms with E-state index in [1.807, 2.05) is 4.90 Å². The largest absolute Gasteiger partial charge is 0.366 e. The van der Waals surface area contributed by atoms with E-state index in [9.17, 15) is 18.5 Å². The van der Waals surface area contributed by atoms with E-state index in [1.54, 1.807) is 24.3 Å².